The van der Waals surface area contributed by atoms with Crippen LogP contribution in [0.1, 0.15) is 91.4 Å². The first kappa shape index (κ1) is 16.9. The van der Waals surface area contributed by atoms with Crippen molar-refractivity contribution in [3.05, 3.63) is 0 Å². The number of hydrogen-bond donors (Lipinski definition) is 1. The maximum absolute atomic E-state index is 9.04. The largest absolute Gasteiger partial charge is 0.251 e. The molecule has 0 aliphatic carbocycles. The highest BCUT2D eigenvalue weighted by molar-refractivity contribution is 4.73. The predicted molar refractivity (Wildman–Crippen MR) is 74.3 cm³/mol. The molecule has 0 aliphatic rings. The zero-order chi connectivity index (χ0) is 13.0. The minimum atomic E-state index is -0.306. The second-order valence-electron chi connectivity index (χ2n) is 5.52. The van der Waals surface area contributed by atoms with E-state index in [2.05, 4.69) is 13.8 Å². The van der Waals surface area contributed by atoms with Gasteiger partial charge in [0.25, 0.3) is 0 Å². The third-order valence-electron chi connectivity index (χ3n) is 3.59. The molecule has 1 unspecified atom stereocenters. The monoisotopic (exact) mass is 244 g/mol. The van der Waals surface area contributed by atoms with E-state index in [4.69, 9.17) is 10.1 Å². The molecule has 0 radical (unpaired) electrons. The molecule has 0 saturated heterocycles. The summed E-state index contributed by atoms with van der Waals surface area (Å²) in [5, 5.41) is 9.04. The topological polar surface area (TPSA) is 29.5 Å². The van der Waals surface area contributed by atoms with Crippen molar-refractivity contribution in [3.63, 3.8) is 0 Å². The van der Waals surface area contributed by atoms with Crippen LogP contribution in [-0.2, 0) is 4.89 Å². The van der Waals surface area contributed by atoms with Crippen LogP contribution in [0, 0.1) is 0 Å². The van der Waals surface area contributed by atoms with Crippen molar-refractivity contribution in [1.82, 2.24) is 0 Å². The van der Waals surface area contributed by atoms with E-state index in [1.165, 1.54) is 57.8 Å². The fourth-order valence-electron chi connectivity index (χ4n) is 2.24. The molecule has 1 N–H and O–H groups in total. The molecule has 2 nitrogen and oxygen atoms in total. The second kappa shape index (κ2) is 11.0. The van der Waals surface area contributed by atoms with E-state index in [0.29, 0.717) is 0 Å². The molecule has 0 aliphatic heterocycles. The Kier molecular flexibility index (Phi) is 11.0. The van der Waals surface area contributed by atoms with Crippen molar-refractivity contribution in [2.45, 2.75) is 97.0 Å². The summed E-state index contributed by atoms with van der Waals surface area (Å²) in [4.78, 5) is 4.72. The van der Waals surface area contributed by atoms with Gasteiger partial charge in [-0.3, -0.25) is 5.26 Å². The highest BCUT2D eigenvalue weighted by atomic mass is 17.1. The molecule has 0 amide bonds. The van der Waals surface area contributed by atoms with Crippen LogP contribution in [0.25, 0.3) is 0 Å². The van der Waals surface area contributed by atoms with Crippen molar-refractivity contribution in [1.29, 1.82) is 0 Å². The fourth-order valence-corrected chi connectivity index (χ4v) is 2.24. The molecule has 17 heavy (non-hydrogen) atoms. The molecule has 0 aromatic rings. The third kappa shape index (κ3) is 9.61. The molecule has 0 spiro atoms. The minimum absolute atomic E-state index is 0.306. The van der Waals surface area contributed by atoms with Gasteiger partial charge in [0.2, 0.25) is 0 Å². The molecule has 0 bridgehead atoms. The van der Waals surface area contributed by atoms with Crippen LogP contribution in [-0.4, -0.2) is 10.9 Å². The van der Waals surface area contributed by atoms with E-state index in [0.717, 1.165) is 12.8 Å². The smallest absolute Gasteiger partial charge is 0.100 e. The van der Waals surface area contributed by atoms with Gasteiger partial charge in [0, 0.05) is 0 Å². The van der Waals surface area contributed by atoms with Gasteiger partial charge in [-0.05, 0) is 19.8 Å². The van der Waals surface area contributed by atoms with Gasteiger partial charge in [0.1, 0.15) is 5.60 Å². The number of rotatable bonds is 12. The predicted octanol–water partition coefficient (Wildman–Crippen LogP) is 5.57. The minimum Gasteiger partial charge on any atom is -0.251 e. The first-order valence-electron chi connectivity index (χ1n) is 7.51. The average Bonchev–Trinajstić information content (AvgIpc) is 2.34. The van der Waals surface area contributed by atoms with Gasteiger partial charge in [0.15, 0.2) is 0 Å². The summed E-state index contributed by atoms with van der Waals surface area (Å²) in [5.41, 5.74) is -0.306. The molecular formula is C15H32O2. The lowest BCUT2D eigenvalue weighted by molar-refractivity contribution is -0.322. The Morgan fingerprint density at radius 2 is 1.18 bits per heavy atom. The lowest BCUT2D eigenvalue weighted by Crippen LogP contribution is -2.27. The molecule has 0 heterocycles. The first-order chi connectivity index (χ1) is 8.18. The lowest BCUT2D eigenvalue weighted by atomic mass is 9.91. The molecule has 0 rings (SSSR count). The van der Waals surface area contributed by atoms with Crippen molar-refractivity contribution < 1.29 is 10.1 Å². The Balaban J connectivity index is 3.61. The van der Waals surface area contributed by atoms with E-state index in [9.17, 15) is 0 Å². The SMILES string of the molecule is CCCCCCCC(C)(CCCCCC)OO. The van der Waals surface area contributed by atoms with Gasteiger partial charge in [-0.1, -0.05) is 71.6 Å². The van der Waals surface area contributed by atoms with Crippen LogP contribution in [0.15, 0.2) is 0 Å². The molecule has 1 atom stereocenters. The van der Waals surface area contributed by atoms with Gasteiger partial charge in [-0.15, -0.1) is 0 Å². The molecule has 0 aromatic carbocycles. The average molecular weight is 244 g/mol. The van der Waals surface area contributed by atoms with E-state index in [1.54, 1.807) is 0 Å². The second-order valence-corrected chi connectivity index (χ2v) is 5.52. The fraction of sp³-hybridized carbons (Fsp3) is 1.00. The van der Waals surface area contributed by atoms with E-state index in [1.807, 2.05) is 6.92 Å². The first-order valence-corrected chi connectivity index (χ1v) is 7.51. The summed E-state index contributed by atoms with van der Waals surface area (Å²) in [5.74, 6) is 0. The number of hydrogen-bond acceptors (Lipinski definition) is 2. The Morgan fingerprint density at radius 1 is 0.765 bits per heavy atom. The molecule has 0 aromatic heterocycles. The van der Waals surface area contributed by atoms with Gasteiger partial charge in [-0.2, -0.15) is 0 Å². The van der Waals surface area contributed by atoms with E-state index in [-0.39, 0.29) is 5.60 Å². The molecule has 0 saturated carbocycles. The van der Waals surface area contributed by atoms with Crippen LogP contribution >= 0.6 is 0 Å². The number of unbranched alkanes of at least 4 members (excludes halogenated alkanes) is 7. The summed E-state index contributed by atoms with van der Waals surface area (Å²) in [6.07, 6.45) is 13.3. The molecular weight excluding hydrogens is 212 g/mol. The highest BCUT2D eigenvalue weighted by Crippen LogP contribution is 2.25. The Bertz CT molecular complexity index is 159. The lowest BCUT2D eigenvalue weighted by Gasteiger charge is -2.25. The van der Waals surface area contributed by atoms with E-state index < -0.39 is 0 Å². The molecule has 2 heteroatoms. The van der Waals surface area contributed by atoms with Crippen LogP contribution in [0.2, 0.25) is 0 Å². The summed E-state index contributed by atoms with van der Waals surface area (Å²) in [6, 6.07) is 0. The van der Waals surface area contributed by atoms with Crippen molar-refractivity contribution in [2.75, 3.05) is 0 Å². The summed E-state index contributed by atoms with van der Waals surface area (Å²) >= 11 is 0. The van der Waals surface area contributed by atoms with Gasteiger partial charge < -0.3 is 0 Å². The summed E-state index contributed by atoms with van der Waals surface area (Å²) in [7, 11) is 0. The molecule has 104 valence electrons. The Labute approximate surface area is 108 Å². The highest BCUT2D eigenvalue weighted by Gasteiger charge is 2.24. The van der Waals surface area contributed by atoms with Crippen LogP contribution in [0.5, 0.6) is 0 Å². The van der Waals surface area contributed by atoms with Crippen molar-refractivity contribution in [2.24, 2.45) is 0 Å². The Morgan fingerprint density at radius 3 is 1.59 bits per heavy atom. The van der Waals surface area contributed by atoms with Crippen molar-refractivity contribution >= 4 is 0 Å². The standard InChI is InChI=1S/C15H32O2/c1-4-6-8-10-12-14-15(3,17-16)13-11-9-7-5-2/h16H,4-14H2,1-3H3. The maximum Gasteiger partial charge on any atom is 0.100 e. The quantitative estimate of drug-likeness (QED) is 0.276. The van der Waals surface area contributed by atoms with Gasteiger partial charge in [-0.25, -0.2) is 4.89 Å². The normalized spacial score (nSPS) is 14.8. The van der Waals surface area contributed by atoms with Crippen LogP contribution in [0.4, 0.5) is 0 Å². The van der Waals surface area contributed by atoms with Crippen LogP contribution in [0.3, 0.4) is 0 Å². The van der Waals surface area contributed by atoms with E-state index >= 15 is 0 Å². The third-order valence-corrected chi connectivity index (χ3v) is 3.59. The van der Waals surface area contributed by atoms with Crippen molar-refractivity contribution in [3.8, 4) is 0 Å². The zero-order valence-corrected chi connectivity index (χ0v) is 12.1. The van der Waals surface area contributed by atoms with Gasteiger partial charge in [0.05, 0.1) is 0 Å². The summed E-state index contributed by atoms with van der Waals surface area (Å²) < 4.78 is 0. The Hall–Kier alpha value is -0.0800. The molecule has 0 fully saturated rings. The summed E-state index contributed by atoms with van der Waals surface area (Å²) in [6.45, 7) is 6.49. The van der Waals surface area contributed by atoms with Crippen LogP contribution < -0.4 is 0 Å². The van der Waals surface area contributed by atoms with Gasteiger partial charge >= 0.3 is 0 Å². The zero-order valence-electron chi connectivity index (χ0n) is 12.1. The maximum atomic E-state index is 9.04.